The Kier molecular flexibility index (Phi) is 3.35. The average molecular weight is 266 g/mol. The summed E-state index contributed by atoms with van der Waals surface area (Å²) < 4.78 is 0. The molecule has 2 aromatic rings. The van der Waals surface area contributed by atoms with Crippen LogP contribution in [0, 0.1) is 0 Å². The number of pyridine rings is 1. The van der Waals surface area contributed by atoms with Crippen LogP contribution in [0.2, 0.25) is 0 Å². The molecule has 3 rings (SSSR count). The smallest absolute Gasteiger partial charge is 0.0609 e. The van der Waals surface area contributed by atoms with Crippen molar-refractivity contribution in [1.82, 2.24) is 9.88 Å². The second-order valence-electron chi connectivity index (χ2n) is 6.16. The molecule has 0 saturated heterocycles. The van der Waals surface area contributed by atoms with Gasteiger partial charge in [-0.1, -0.05) is 31.2 Å². The van der Waals surface area contributed by atoms with Crippen LogP contribution >= 0.6 is 0 Å². The van der Waals surface area contributed by atoms with Gasteiger partial charge in [0.15, 0.2) is 0 Å². The van der Waals surface area contributed by atoms with Gasteiger partial charge in [-0.3, -0.25) is 9.88 Å². The van der Waals surface area contributed by atoms with E-state index in [4.69, 9.17) is 0 Å². The van der Waals surface area contributed by atoms with Crippen molar-refractivity contribution in [2.75, 3.05) is 6.54 Å². The lowest BCUT2D eigenvalue weighted by molar-refractivity contribution is 0.0783. The molecule has 0 aliphatic carbocycles. The third kappa shape index (κ3) is 2.14. The number of nitrogens with zero attached hydrogens (tertiary/aromatic N) is 2. The molecule has 0 spiro atoms. The van der Waals surface area contributed by atoms with Crippen molar-refractivity contribution in [1.29, 1.82) is 0 Å². The Labute approximate surface area is 121 Å². The largest absolute Gasteiger partial charge is 0.287 e. The van der Waals surface area contributed by atoms with Crippen molar-refractivity contribution in [3.63, 3.8) is 0 Å². The molecule has 1 aliphatic rings. The quantitative estimate of drug-likeness (QED) is 0.821. The Morgan fingerprint density at radius 2 is 1.85 bits per heavy atom. The highest BCUT2D eigenvalue weighted by atomic mass is 15.2. The number of hydrogen-bond donors (Lipinski definition) is 0. The molecule has 20 heavy (non-hydrogen) atoms. The van der Waals surface area contributed by atoms with Gasteiger partial charge in [-0.15, -0.1) is 0 Å². The minimum atomic E-state index is 0.178. The monoisotopic (exact) mass is 266 g/mol. The summed E-state index contributed by atoms with van der Waals surface area (Å²) in [6.45, 7) is 8.00. The number of fused-ring (bicyclic) bond motifs is 1. The number of rotatable bonds is 2. The number of likely N-dealkylation sites (N-methyl/N-ethyl adjacent to an activating group) is 1. The topological polar surface area (TPSA) is 16.1 Å². The van der Waals surface area contributed by atoms with Gasteiger partial charge in [0.2, 0.25) is 0 Å². The molecule has 104 valence electrons. The van der Waals surface area contributed by atoms with E-state index in [1.807, 2.05) is 12.4 Å². The van der Waals surface area contributed by atoms with Crippen LogP contribution in [-0.2, 0) is 6.42 Å². The summed E-state index contributed by atoms with van der Waals surface area (Å²) in [6.07, 6.45) is 4.90. The Bertz CT molecular complexity index is 589. The van der Waals surface area contributed by atoms with Crippen LogP contribution in [0.1, 0.15) is 43.5 Å². The number of hydrogen-bond acceptors (Lipinski definition) is 2. The maximum absolute atomic E-state index is 4.16. The molecule has 0 saturated carbocycles. The van der Waals surface area contributed by atoms with Crippen molar-refractivity contribution in [2.45, 2.75) is 38.8 Å². The number of benzene rings is 1. The second kappa shape index (κ2) is 5.02. The maximum atomic E-state index is 4.16. The molecule has 1 atom stereocenters. The Hall–Kier alpha value is -1.67. The van der Waals surface area contributed by atoms with Crippen molar-refractivity contribution in [2.24, 2.45) is 0 Å². The van der Waals surface area contributed by atoms with E-state index in [1.165, 1.54) is 16.7 Å². The molecule has 0 fully saturated rings. The average Bonchev–Trinajstić information content (AvgIpc) is 2.45. The van der Waals surface area contributed by atoms with Gasteiger partial charge in [0.25, 0.3) is 0 Å². The lowest BCUT2D eigenvalue weighted by Crippen LogP contribution is -2.51. The highest BCUT2D eigenvalue weighted by molar-refractivity contribution is 5.40. The van der Waals surface area contributed by atoms with Gasteiger partial charge in [0.1, 0.15) is 0 Å². The summed E-state index contributed by atoms with van der Waals surface area (Å²) >= 11 is 0. The lowest BCUT2D eigenvalue weighted by Gasteiger charge is -2.48. The normalized spacial score (nSPS) is 21.4. The second-order valence-corrected chi connectivity index (χ2v) is 6.16. The van der Waals surface area contributed by atoms with Gasteiger partial charge in [-0.25, -0.2) is 0 Å². The van der Waals surface area contributed by atoms with Crippen LogP contribution in [0.3, 0.4) is 0 Å². The van der Waals surface area contributed by atoms with Crippen LogP contribution < -0.4 is 0 Å². The van der Waals surface area contributed by atoms with Gasteiger partial charge in [0.05, 0.1) is 6.04 Å². The van der Waals surface area contributed by atoms with Gasteiger partial charge in [-0.05, 0) is 55.6 Å². The minimum absolute atomic E-state index is 0.178. The predicted octanol–water partition coefficient (Wildman–Crippen LogP) is 3.83. The standard InChI is InChI=1S/C18H22N2/c1-4-20-17(14-9-11-19-12-10-14)16-8-6-5-7-15(16)13-18(20,2)3/h5-12,17H,4,13H2,1-3H3. The SMILES string of the molecule is CCN1C(c2ccncc2)c2ccccc2CC1(C)C. The minimum Gasteiger partial charge on any atom is -0.287 e. The van der Waals surface area contributed by atoms with Crippen LogP contribution in [0.4, 0.5) is 0 Å². The summed E-state index contributed by atoms with van der Waals surface area (Å²) in [7, 11) is 0. The highest BCUT2D eigenvalue weighted by Gasteiger charge is 2.38. The van der Waals surface area contributed by atoms with Crippen molar-refractivity contribution < 1.29 is 0 Å². The van der Waals surface area contributed by atoms with E-state index in [2.05, 4.69) is 67.1 Å². The molecule has 0 radical (unpaired) electrons. The van der Waals surface area contributed by atoms with E-state index in [-0.39, 0.29) is 5.54 Å². The first-order valence-electron chi connectivity index (χ1n) is 7.38. The summed E-state index contributed by atoms with van der Waals surface area (Å²) in [5, 5.41) is 0. The molecular weight excluding hydrogens is 244 g/mol. The van der Waals surface area contributed by atoms with E-state index in [0.29, 0.717) is 6.04 Å². The highest BCUT2D eigenvalue weighted by Crippen LogP contribution is 2.41. The fourth-order valence-electron chi connectivity index (χ4n) is 3.56. The Morgan fingerprint density at radius 1 is 1.15 bits per heavy atom. The molecule has 2 heterocycles. The third-order valence-electron chi connectivity index (χ3n) is 4.42. The lowest BCUT2D eigenvalue weighted by atomic mass is 9.79. The van der Waals surface area contributed by atoms with E-state index < -0.39 is 0 Å². The van der Waals surface area contributed by atoms with Crippen LogP contribution in [0.15, 0.2) is 48.8 Å². The molecule has 2 heteroatoms. The molecular formula is C18H22N2. The van der Waals surface area contributed by atoms with Gasteiger partial charge in [0, 0.05) is 17.9 Å². The maximum Gasteiger partial charge on any atom is 0.0609 e. The molecule has 0 bridgehead atoms. The zero-order chi connectivity index (χ0) is 14.2. The fourth-order valence-corrected chi connectivity index (χ4v) is 3.56. The van der Waals surface area contributed by atoms with E-state index >= 15 is 0 Å². The molecule has 0 amide bonds. The van der Waals surface area contributed by atoms with Gasteiger partial charge >= 0.3 is 0 Å². The molecule has 1 unspecified atom stereocenters. The van der Waals surface area contributed by atoms with Crippen LogP contribution in [0.5, 0.6) is 0 Å². The van der Waals surface area contributed by atoms with E-state index in [0.717, 1.165) is 13.0 Å². The first-order valence-corrected chi connectivity index (χ1v) is 7.38. The number of aromatic nitrogens is 1. The third-order valence-corrected chi connectivity index (χ3v) is 4.42. The molecule has 1 aromatic carbocycles. The first kappa shape index (κ1) is 13.3. The molecule has 0 N–H and O–H groups in total. The summed E-state index contributed by atoms with van der Waals surface area (Å²) in [5.74, 6) is 0. The zero-order valence-corrected chi connectivity index (χ0v) is 12.5. The summed E-state index contributed by atoms with van der Waals surface area (Å²) in [4.78, 5) is 6.77. The van der Waals surface area contributed by atoms with E-state index in [9.17, 15) is 0 Å². The van der Waals surface area contributed by atoms with E-state index in [1.54, 1.807) is 0 Å². The van der Waals surface area contributed by atoms with Crippen molar-refractivity contribution in [3.05, 3.63) is 65.5 Å². The Morgan fingerprint density at radius 3 is 2.55 bits per heavy atom. The molecule has 1 aliphatic heterocycles. The summed E-state index contributed by atoms with van der Waals surface area (Å²) in [6, 6.07) is 13.5. The zero-order valence-electron chi connectivity index (χ0n) is 12.5. The van der Waals surface area contributed by atoms with Crippen LogP contribution in [-0.4, -0.2) is 22.0 Å². The van der Waals surface area contributed by atoms with Gasteiger partial charge in [-0.2, -0.15) is 0 Å². The van der Waals surface area contributed by atoms with Gasteiger partial charge < -0.3 is 0 Å². The first-order chi connectivity index (χ1) is 9.63. The summed E-state index contributed by atoms with van der Waals surface area (Å²) in [5.41, 5.74) is 4.43. The molecule has 1 aromatic heterocycles. The van der Waals surface area contributed by atoms with Crippen molar-refractivity contribution >= 4 is 0 Å². The Balaban J connectivity index is 2.17. The van der Waals surface area contributed by atoms with Crippen LogP contribution in [0.25, 0.3) is 0 Å². The molecule has 2 nitrogen and oxygen atoms in total. The fraction of sp³-hybridized carbons (Fsp3) is 0.389. The predicted molar refractivity (Wildman–Crippen MR) is 82.7 cm³/mol. The van der Waals surface area contributed by atoms with Crippen molar-refractivity contribution in [3.8, 4) is 0 Å².